The predicted molar refractivity (Wildman–Crippen MR) is 62.0 cm³/mol. The maximum Gasteiger partial charge on any atom is 0.166 e. The quantitative estimate of drug-likeness (QED) is 0.888. The Morgan fingerprint density at radius 2 is 2.17 bits per heavy atom. The first-order chi connectivity index (χ1) is 8.60. The number of Topliss-reactive ketones (excluding diaryl/α,β-unsaturated/α-hetero) is 1. The molecule has 0 radical (unpaired) electrons. The number of nitrogens with two attached hydrogens (primary N) is 1. The smallest absolute Gasteiger partial charge is 0.166 e. The van der Waals surface area contributed by atoms with E-state index in [0.717, 1.165) is 18.6 Å². The number of carbonyl (C=O) groups excluding carboxylic acids is 1. The molecule has 0 amide bonds. The number of hydrogen-bond donors (Lipinski definition) is 1. The Labute approximate surface area is 104 Å². The zero-order valence-electron chi connectivity index (χ0n) is 9.86. The lowest BCUT2D eigenvalue weighted by Crippen LogP contribution is -2.26. The molecule has 3 nitrogen and oxygen atoms in total. The highest BCUT2D eigenvalue weighted by molar-refractivity contribution is 5.85. The van der Waals surface area contributed by atoms with Gasteiger partial charge in [-0.05, 0) is 24.5 Å². The van der Waals surface area contributed by atoms with Crippen molar-refractivity contribution in [1.82, 2.24) is 0 Å². The van der Waals surface area contributed by atoms with Gasteiger partial charge in [-0.25, -0.2) is 8.78 Å². The van der Waals surface area contributed by atoms with Crippen LogP contribution in [0.4, 0.5) is 8.78 Å². The molecule has 1 aliphatic rings. The Balaban J connectivity index is 1.99. The van der Waals surface area contributed by atoms with E-state index in [0.29, 0.717) is 13.0 Å². The zero-order valence-corrected chi connectivity index (χ0v) is 9.86. The van der Waals surface area contributed by atoms with Crippen LogP contribution in [0.2, 0.25) is 0 Å². The summed E-state index contributed by atoms with van der Waals surface area (Å²) in [5.41, 5.74) is 5.65. The lowest BCUT2D eigenvalue weighted by atomic mass is 10.0. The van der Waals surface area contributed by atoms with E-state index in [1.54, 1.807) is 0 Å². The van der Waals surface area contributed by atoms with Gasteiger partial charge in [0.05, 0.1) is 6.10 Å². The maximum atomic E-state index is 13.4. The van der Waals surface area contributed by atoms with E-state index >= 15 is 0 Å². The second-order valence-electron chi connectivity index (χ2n) is 4.44. The Kier molecular flexibility index (Phi) is 4.04. The fourth-order valence-electron chi connectivity index (χ4n) is 2.08. The highest BCUT2D eigenvalue weighted by Gasteiger charge is 2.29. The Morgan fingerprint density at radius 3 is 2.78 bits per heavy atom. The normalized spacial score (nSPS) is 23.3. The van der Waals surface area contributed by atoms with Crippen LogP contribution in [-0.2, 0) is 16.0 Å². The summed E-state index contributed by atoms with van der Waals surface area (Å²) in [6, 6.07) is 3.21. The molecule has 1 aromatic rings. The minimum absolute atomic E-state index is 0.0753. The molecular weight excluding hydrogens is 240 g/mol. The molecule has 0 saturated carbocycles. The van der Waals surface area contributed by atoms with E-state index < -0.39 is 17.7 Å². The standard InChI is InChI=1S/C13H15F2NO2/c14-9-2-1-8(11(15)6-9)5-12(17)13-4-3-10(7-16)18-13/h1-2,6,10,13H,3-5,7,16H2. The van der Waals surface area contributed by atoms with Crippen LogP contribution in [0.15, 0.2) is 18.2 Å². The van der Waals surface area contributed by atoms with Gasteiger partial charge in [0.1, 0.15) is 17.7 Å². The van der Waals surface area contributed by atoms with Gasteiger partial charge in [0, 0.05) is 19.0 Å². The molecule has 1 saturated heterocycles. The van der Waals surface area contributed by atoms with Crippen LogP contribution in [0, 0.1) is 11.6 Å². The van der Waals surface area contributed by atoms with Crippen molar-refractivity contribution in [3.8, 4) is 0 Å². The minimum atomic E-state index is -0.697. The molecule has 18 heavy (non-hydrogen) atoms. The number of ether oxygens (including phenoxy) is 1. The van der Waals surface area contributed by atoms with Crippen LogP contribution in [0.25, 0.3) is 0 Å². The number of rotatable bonds is 4. The third-order valence-electron chi connectivity index (χ3n) is 3.11. The highest BCUT2D eigenvalue weighted by atomic mass is 19.1. The predicted octanol–water partition coefficient (Wildman–Crippen LogP) is 1.58. The Hall–Kier alpha value is -1.33. The second kappa shape index (κ2) is 5.54. The van der Waals surface area contributed by atoms with E-state index in [4.69, 9.17) is 10.5 Å². The lowest BCUT2D eigenvalue weighted by Gasteiger charge is -2.11. The average Bonchev–Trinajstić information content (AvgIpc) is 2.81. The molecule has 2 atom stereocenters. The Morgan fingerprint density at radius 1 is 1.39 bits per heavy atom. The van der Waals surface area contributed by atoms with Crippen molar-refractivity contribution in [3.63, 3.8) is 0 Å². The first kappa shape index (κ1) is 13.1. The van der Waals surface area contributed by atoms with Crippen molar-refractivity contribution in [1.29, 1.82) is 0 Å². The van der Waals surface area contributed by atoms with Gasteiger partial charge in [-0.3, -0.25) is 4.79 Å². The summed E-state index contributed by atoms with van der Waals surface area (Å²) in [6.07, 6.45) is 0.691. The van der Waals surface area contributed by atoms with Gasteiger partial charge < -0.3 is 10.5 Å². The van der Waals surface area contributed by atoms with Crippen molar-refractivity contribution in [3.05, 3.63) is 35.4 Å². The fourth-order valence-corrected chi connectivity index (χ4v) is 2.08. The summed E-state index contributed by atoms with van der Waals surface area (Å²) in [5.74, 6) is -1.53. The summed E-state index contributed by atoms with van der Waals surface area (Å²) in [6.45, 7) is 0.384. The number of carbonyl (C=O) groups is 1. The lowest BCUT2D eigenvalue weighted by molar-refractivity contribution is -0.128. The van der Waals surface area contributed by atoms with Crippen LogP contribution >= 0.6 is 0 Å². The molecule has 2 unspecified atom stereocenters. The van der Waals surface area contributed by atoms with Crippen LogP contribution in [0.3, 0.4) is 0 Å². The molecule has 0 aromatic heterocycles. The number of halogens is 2. The minimum Gasteiger partial charge on any atom is -0.366 e. The van der Waals surface area contributed by atoms with Crippen LogP contribution < -0.4 is 5.73 Å². The highest BCUT2D eigenvalue weighted by Crippen LogP contribution is 2.21. The molecule has 5 heteroatoms. The number of hydrogen-bond acceptors (Lipinski definition) is 3. The average molecular weight is 255 g/mol. The molecule has 0 spiro atoms. The van der Waals surface area contributed by atoms with Gasteiger partial charge in [-0.2, -0.15) is 0 Å². The molecule has 1 aromatic carbocycles. The molecule has 2 rings (SSSR count). The van der Waals surface area contributed by atoms with Gasteiger partial charge in [-0.1, -0.05) is 6.07 Å². The van der Waals surface area contributed by atoms with E-state index in [-0.39, 0.29) is 23.9 Å². The van der Waals surface area contributed by atoms with E-state index in [1.165, 1.54) is 6.07 Å². The SMILES string of the molecule is NCC1CCC(C(=O)Cc2ccc(F)cc2F)O1. The van der Waals surface area contributed by atoms with Gasteiger partial charge in [0.15, 0.2) is 5.78 Å². The first-order valence-electron chi connectivity index (χ1n) is 5.92. The van der Waals surface area contributed by atoms with Gasteiger partial charge in [0.25, 0.3) is 0 Å². The van der Waals surface area contributed by atoms with Crippen molar-refractivity contribution in [2.75, 3.05) is 6.54 Å². The van der Waals surface area contributed by atoms with Gasteiger partial charge in [0.2, 0.25) is 0 Å². The monoisotopic (exact) mass is 255 g/mol. The second-order valence-corrected chi connectivity index (χ2v) is 4.44. The number of benzene rings is 1. The summed E-state index contributed by atoms with van der Waals surface area (Å²) >= 11 is 0. The zero-order chi connectivity index (χ0) is 13.1. The molecule has 0 bridgehead atoms. The summed E-state index contributed by atoms with van der Waals surface area (Å²) in [5, 5.41) is 0. The summed E-state index contributed by atoms with van der Waals surface area (Å²) < 4.78 is 31.5. The molecule has 98 valence electrons. The Bertz CT molecular complexity index is 451. The molecule has 2 N–H and O–H groups in total. The number of ketones is 1. The van der Waals surface area contributed by atoms with E-state index in [9.17, 15) is 13.6 Å². The summed E-state index contributed by atoms with van der Waals surface area (Å²) in [7, 11) is 0. The maximum absolute atomic E-state index is 13.4. The molecule has 1 fully saturated rings. The van der Waals surface area contributed by atoms with E-state index in [2.05, 4.69) is 0 Å². The van der Waals surface area contributed by atoms with Gasteiger partial charge in [-0.15, -0.1) is 0 Å². The van der Waals surface area contributed by atoms with Crippen molar-refractivity contribution >= 4 is 5.78 Å². The van der Waals surface area contributed by atoms with Crippen LogP contribution in [-0.4, -0.2) is 24.5 Å². The fraction of sp³-hybridized carbons (Fsp3) is 0.462. The molecule has 1 aliphatic heterocycles. The first-order valence-corrected chi connectivity index (χ1v) is 5.92. The molecular formula is C13H15F2NO2. The van der Waals surface area contributed by atoms with Crippen molar-refractivity contribution in [2.24, 2.45) is 5.73 Å². The molecule has 1 heterocycles. The van der Waals surface area contributed by atoms with Crippen molar-refractivity contribution in [2.45, 2.75) is 31.5 Å². The third-order valence-corrected chi connectivity index (χ3v) is 3.11. The van der Waals surface area contributed by atoms with Crippen LogP contribution in [0.5, 0.6) is 0 Å². The topological polar surface area (TPSA) is 52.3 Å². The van der Waals surface area contributed by atoms with Crippen LogP contribution in [0.1, 0.15) is 18.4 Å². The van der Waals surface area contributed by atoms with Crippen molar-refractivity contribution < 1.29 is 18.3 Å². The summed E-state index contributed by atoms with van der Waals surface area (Å²) in [4.78, 5) is 11.9. The third kappa shape index (κ3) is 2.91. The molecule has 0 aliphatic carbocycles. The van der Waals surface area contributed by atoms with Gasteiger partial charge >= 0.3 is 0 Å². The van der Waals surface area contributed by atoms with E-state index in [1.807, 2.05) is 0 Å². The largest absolute Gasteiger partial charge is 0.366 e.